The first kappa shape index (κ1) is 21.8. The van der Waals surface area contributed by atoms with Crippen LogP contribution in [-0.4, -0.2) is 48.6 Å². The highest BCUT2D eigenvalue weighted by Gasteiger charge is 2.21. The molecule has 1 aliphatic rings. The van der Waals surface area contributed by atoms with Crippen LogP contribution in [0.2, 0.25) is 10.0 Å². The van der Waals surface area contributed by atoms with Crippen molar-refractivity contribution in [1.82, 2.24) is 10.2 Å². The molecule has 5 nitrogen and oxygen atoms in total. The molecule has 154 valence electrons. The standard InChI is InChI=1S/C21H24Cl2N4OS/c1-2-26-10-12-27(13-11-26)20-17(23)4-3-5-18(20)24-21(29)25-19(28)14-15-6-8-16(22)9-7-15/h3-9H,2,10-14H2,1H3,(H2,24,25,28,29). The second-order valence-corrected chi connectivity index (χ2v) is 8.11. The van der Waals surface area contributed by atoms with Crippen LogP contribution in [-0.2, 0) is 11.2 Å². The van der Waals surface area contributed by atoms with Gasteiger partial charge in [-0.15, -0.1) is 0 Å². The number of likely N-dealkylation sites (N-methyl/N-ethyl adjacent to an activating group) is 1. The molecule has 1 aliphatic heterocycles. The molecule has 0 aromatic heterocycles. The minimum atomic E-state index is -0.190. The largest absolute Gasteiger partial charge is 0.366 e. The first-order valence-corrected chi connectivity index (χ1v) is 10.7. The second-order valence-electron chi connectivity index (χ2n) is 6.86. The molecule has 0 unspecified atom stereocenters. The van der Waals surface area contributed by atoms with E-state index in [1.807, 2.05) is 30.3 Å². The van der Waals surface area contributed by atoms with E-state index in [1.54, 1.807) is 12.1 Å². The van der Waals surface area contributed by atoms with Crippen LogP contribution >= 0.6 is 35.4 Å². The maximum absolute atomic E-state index is 12.3. The van der Waals surface area contributed by atoms with Gasteiger partial charge in [0.25, 0.3) is 0 Å². The number of amides is 1. The zero-order valence-corrected chi connectivity index (χ0v) is 18.6. The van der Waals surface area contributed by atoms with Crippen molar-refractivity contribution in [1.29, 1.82) is 0 Å². The normalized spacial score (nSPS) is 14.5. The van der Waals surface area contributed by atoms with Gasteiger partial charge in [0.05, 0.1) is 22.8 Å². The van der Waals surface area contributed by atoms with Crippen LogP contribution < -0.4 is 15.5 Å². The van der Waals surface area contributed by atoms with Crippen LogP contribution in [0.1, 0.15) is 12.5 Å². The summed E-state index contributed by atoms with van der Waals surface area (Å²) in [6.07, 6.45) is 0.223. The quantitative estimate of drug-likeness (QED) is 0.668. The number of rotatable bonds is 5. The second kappa shape index (κ2) is 10.3. The summed E-state index contributed by atoms with van der Waals surface area (Å²) in [5, 5.41) is 7.42. The van der Waals surface area contributed by atoms with Crippen molar-refractivity contribution in [2.24, 2.45) is 0 Å². The van der Waals surface area contributed by atoms with E-state index >= 15 is 0 Å². The topological polar surface area (TPSA) is 47.6 Å². The summed E-state index contributed by atoms with van der Waals surface area (Å²) in [4.78, 5) is 17.0. The average molecular weight is 451 g/mol. The maximum atomic E-state index is 12.3. The monoisotopic (exact) mass is 450 g/mol. The molecule has 0 atom stereocenters. The lowest BCUT2D eigenvalue weighted by Crippen LogP contribution is -2.46. The molecule has 1 fully saturated rings. The first-order valence-electron chi connectivity index (χ1n) is 9.57. The number of piperazine rings is 1. The lowest BCUT2D eigenvalue weighted by Gasteiger charge is -2.37. The number of anilines is 2. The van der Waals surface area contributed by atoms with Crippen LogP contribution in [0.4, 0.5) is 11.4 Å². The van der Waals surface area contributed by atoms with Crippen molar-refractivity contribution >= 4 is 57.8 Å². The smallest absolute Gasteiger partial charge is 0.230 e. The average Bonchev–Trinajstić information content (AvgIpc) is 2.70. The van der Waals surface area contributed by atoms with Crippen LogP contribution in [0.15, 0.2) is 42.5 Å². The van der Waals surface area contributed by atoms with Gasteiger partial charge in [-0.3, -0.25) is 4.79 Å². The number of hydrogen-bond acceptors (Lipinski definition) is 4. The number of carbonyl (C=O) groups excluding carboxylic acids is 1. The number of hydrogen-bond donors (Lipinski definition) is 2. The Morgan fingerprint density at radius 3 is 2.41 bits per heavy atom. The summed E-state index contributed by atoms with van der Waals surface area (Å²) in [6, 6.07) is 12.8. The molecule has 0 saturated carbocycles. The number of halogens is 2. The molecule has 0 spiro atoms. The summed E-state index contributed by atoms with van der Waals surface area (Å²) >= 11 is 17.7. The van der Waals surface area contributed by atoms with Crippen molar-refractivity contribution < 1.29 is 4.79 Å². The van der Waals surface area contributed by atoms with E-state index in [0.717, 1.165) is 49.7 Å². The minimum absolute atomic E-state index is 0.190. The number of carbonyl (C=O) groups is 1. The molecule has 8 heteroatoms. The molecule has 1 saturated heterocycles. The van der Waals surface area contributed by atoms with Gasteiger partial charge in [0.1, 0.15) is 0 Å². The van der Waals surface area contributed by atoms with Gasteiger partial charge < -0.3 is 20.4 Å². The van der Waals surface area contributed by atoms with E-state index in [9.17, 15) is 4.79 Å². The molecule has 1 heterocycles. The van der Waals surface area contributed by atoms with E-state index in [2.05, 4.69) is 27.4 Å². The molecule has 2 aromatic carbocycles. The van der Waals surface area contributed by atoms with Crippen LogP contribution in [0, 0.1) is 0 Å². The van der Waals surface area contributed by atoms with Gasteiger partial charge in [-0.2, -0.15) is 0 Å². The van der Waals surface area contributed by atoms with Crippen LogP contribution in [0.25, 0.3) is 0 Å². The molecule has 0 aliphatic carbocycles. The Labute approximate surface area is 187 Å². The van der Waals surface area contributed by atoms with E-state index in [1.165, 1.54) is 0 Å². The maximum Gasteiger partial charge on any atom is 0.230 e. The Morgan fingerprint density at radius 1 is 1.07 bits per heavy atom. The number of thiocarbonyl (C=S) groups is 1. The molecular weight excluding hydrogens is 427 g/mol. The highest BCUT2D eigenvalue weighted by Crippen LogP contribution is 2.34. The van der Waals surface area contributed by atoms with Crippen LogP contribution in [0.3, 0.4) is 0 Å². The Balaban J connectivity index is 1.63. The fourth-order valence-corrected chi connectivity index (χ4v) is 3.98. The van der Waals surface area contributed by atoms with Crippen LogP contribution in [0.5, 0.6) is 0 Å². The van der Waals surface area contributed by atoms with Crippen molar-refractivity contribution in [3.63, 3.8) is 0 Å². The van der Waals surface area contributed by atoms with Gasteiger partial charge >= 0.3 is 0 Å². The predicted molar refractivity (Wildman–Crippen MR) is 125 cm³/mol. The SMILES string of the molecule is CCN1CCN(c2c(Cl)cccc2NC(=S)NC(=O)Cc2ccc(Cl)cc2)CC1. The lowest BCUT2D eigenvalue weighted by atomic mass is 10.1. The highest BCUT2D eigenvalue weighted by atomic mass is 35.5. The lowest BCUT2D eigenvalue weighted by molar-refractivity contribution is -0.119. The molecule has 2 aromatic rings. The predicted octanol–water partition coefficient (Wildman–Crippen LogP) is 4.19. The third kappa shape index (κ3) is 6.06. The molecule has 3 rings (SSSR count). The number of benzene rings is 2. The van der Waals surface area contributed by atoms with E-state index in [0.29, 0.717) is 10.0 Å². The number of para-hydroxylation sites is 1. The number of nitrogens with one attached hydrogen (secondary N) is 2. The molecule has 2 N–H and O–H groups in total. The molecule has 1 amide bonds. The van der Waals surface area contributed by atoms with Gasteiger partial charge in [-0.05, 0) is 48.6 Å². The zero-order valence-electron chi connectivity index (χ0n) is 16.3. The highest BCUT2D eigenvalue weighted by molar-refractivity contribution is 7.80. The van der Waals surface area contributed by atoms with Gasteiger partial charge in [-0.1, -0.05) is 48.3 Å². The molecule has 0 bridgehead atoms. The first-order chi connectivity index (χ1) is 14.0. The third-order valence-electron chi connectivity index (χ3n) is 4.90. The molecular formula is C21H24Cl2N4OS. The molecule has 0 radical (unpaired) electrons. The van der Waals surface area contributed by atoms with E-state index in [-0.39, 0.29) is 17.4 Å². The summed E-state index contributed by atoms with van der Waals surface area (Å²) in [5.74, 6) is -0.190. The summed E-state index contributed by atoms with van der Waals surface area (Å²) in [6.45, 7) is 6.98. The van der Waals surface area contributed by atoms with E-state index < -0.39 is 0 Å². The summed E-state index contributed by atoms with van der Waals surface area (Å²) in [7, 11) is 0. The van der Waals surface area contributed by atoms with Crippen molar-refractivity contribution in [2.75, 3.05) is 42.9 Å². The van der Waals surface area contributed by atoms with Gasteiger partial charge in [-0.25, -0.2) is 0 Å². The van der Waals surface area contributed by atoms with Crippen molar-refractivity contribution in [3.8, 4) is 0 Å². The van der Waals surface area contributed by atoms with Gasteiger partial charge in [0, 0.05) is 31.2 Å². The third-order valence-corrected chi connectivity index (χ3v) is 5.66. The van der Waals surface area contributed by atoms with Gasteiger partial charge in [0.2, 0.25) is 5.91 Å². The Kier molecular flexibility index (Phi) is 7.72. The Morgan fingerprint density at radius 2 is 1.76 bits per heavy atom. The van der Waals surface area contributed by atoms with Crippen molar-refractivity contribution in [3.05, 3.63) is 58.1 Å². The fraction of sp³-hybridized carbons (Fsp3) is 0.333. The number of nitrogens with zero attached hydrogens (tertiary/aromatic N) is 2. The fourth-order valence-electron chi connectivity index (χ4n) is 3.34. The summed E-state index contributed by atoms with van der Waals surface area (Å²) < 4.78 is 0. The van der Waals surface area contributed by atoms with Gasteiger partial charge in [0.15, 0.2) is 5.11 Å². The zero-order chi connectivity index (χ0) is 20.8. The molecule has 29 heavy (non-hydrogen) atoms. The Hall–Kier alpha value is -1.86. The Bertz CT molecular complexity index is 867. The summed E-state index contributed by atoms with van der Waals surface area (Å²) in [5.41, 5.74) is 2.57. The van der Waals surface area contributed by atoms with E-state index in [4.69, 9.17) is 35.4 Å². The van der Waals surface area contributed by atoms with Crippen molar-refractivity contribution in [2.45, 2.75) is 13.3 Å². The minimum Gasteiger partial charge on any atom is -0.366 e.